The number of hydrogen-bond acceptors (Lipinski definition) is 4. The van der Waals surface area contributed by atoms with Gasteiger partial charge in [-0.2, -0.15) is 0 Å². The summed E-state index contributed by atoms with van der Waals surface area (Å²) in [5.74, 6) is 0.0520. The van der Waals surface area contributed by atoms with Gasteiger partial charge in [0.2, 0.25) is 0 Å². The molecule has 5 heteroatoms. The topological polar surface area (TPSA) is 71.5 Å². The molecule has 0 aromatic carbocycles. The van der Waals surface area contributed by atoms with E-state index in [4.69, 9.17) is 0 Å². The normalized spacial score (nSPS) is 11.8. The number of fused-ring (bicyclic) bond motifs is 1. The molecule has 0 atom stereocenters. The van der Waals surface area contributed by atoms with E-state index in [9.17, 15) is 4.79 Å². The molecule has 22 heavy (non-hydrogen) atoms. The Morgan fingerprint density at radius 3 is 2.68 bits per heavy atom. The average Bonchev–Trinajstić information content (AvgIpc) is 2.88. The van der Waals surface area contributed by atoms with E-state index < -0.39 is 5.41 Å². The predicted octanol–water partition coefficient (Wildman–Crippen LogP) is 3.56. The molecule has 0 spiro atoms. The molecule has 112 valence electrons. The molecular formula is C17H18N4O. The van der Waals surface area contributed by atoms with Gasteiger partial charge in [-0.15, -0.1) is 0 Å². The van der Waals surface area contributed by atoms with Crippen molar-refractivity contribution in [3.63, 3.8) is 0 Å². The monoisotopic (exact) mass is 294 g/mol. The lowest BCUT2D eigenvalue weighted by atomic mass is 9.87. The van der Waals surface area contributed by atoms with Crippen LogP contribution in [-0.4, -0.2) is 25.7 Å². The largest absolute Gasteiger partial charge is 0.344 e. The number of hydrogen-bond donors (Lipinski definition) is 1. The van der Waals surface area contributed by atoms with E-state index in [-0.39, 0.29) is 5.78 Å². The Bertz CT molecular complexity index is 858. The molecule has 0 saturated carbocycles. The van der Waals surface area contributed by atoms with Gasteiger partial charge in [0.15, 0.2) is 11.4 Å². The van der Waals surface area contributed by atoms with Crippen LogP contribution in [0.1, 0.15) is 36.8 Å². The summed E-state index contributed by atoms with van der Waals surface area (Å²) in [4.78, 5) is 28.8. The van der Waals surface area contributed by atoms with Gasteiger partial charge in [-0.1, -0.05) is 20.8 Å². The number of H-pyrrole nitrogens is 1. The summed E-state index contributed by atoms with van der Waals surface area (Å²) >= 11 is 0. The second kappa shape index (κ2) is 5.02. The highest BCUT2D eigenvalue weighted by Crippen LogP contribution is 2.26. The SMILES string of the molecule is Cc1cc(-c2cnc3[nH]cc(C(=O)C(C)(C)C)c3n2)ccn1. The number of aryl methyl sites for hydroxylation is 1. The minimum absolute atomic E-state index is 0.0520. The van der Waals surface area contributed by atoms with Gasteiger partial charge < -0.3 is 4.98 Å². The second-order valence-corrected chi connectivity index (χ2v) is 6.42. The number of pyridine rings is 1. The number of aromatic amines is 1. The van der Waals surface area contributed by atoms with Crippen LogP contribution in [0.4, 0.5) is 0 Å². The van der Waals surface area contributed by atoms with Crippen LogP contribution in [0, 0.1) is 12.3 Å². The zero-order valence-electron chi connectivity index (χ0n) is 13.1. The number of aromatic nitrogens is 4. The number of nitrogens with zero attached hydrogens (tertiary/aromatic N) is 3. The van der Waals surface area contributed by atoms with Gasteiger partial charge in [-0.25, -0.2) is 9.97 Å². The summed E-state index contributed by atoms with van der Waals surface area (Å²) in [6, 6.07) is 3.84. The Balaban J connectivity index is 2.15. The molecule has 0 saturated heterocycles. The third kappa shape index (κ3) is 2.50. The van der Waals surface area contributed by atoms with E-state index in [2.05, 4.69) is 19.9 Å². The molecule has 0 aliphatic heterocycles. The average molecular weight is 294 g/mol. The Kier molecular flexibility index (Phi) is 3.28. The van der Waals surface area contributed by atoms with E-state index in [0.29, 0.717) is 16.7 Å². The lowest BCUT2D eigenvalue weighted by Gasteiger charge is -2.15. The van der Waals surface area contributed by atoms with Crippen LogP contribution in [0.5, 0.6) is 0 Å². The molecule has 3 aromatic rings. The fourth-order valence-electron chi connectivity index (χ4n) is 2.31. The summed E-state index contributed by atoms with van der Waals surface area (Å²) < 4.78 is 0. The van der Waals surface area contributed by atoms with Gasteiger partial charge >= 0.3 is 0 Å². The van der Waals surface area contributed by atoms with E-state index in [1.54, 1.807) is 18.6 Å². The van der Waals surface area contributed by atoms with Gasteiger partial charge in [0.05, 0.1) is 17.5 Å². The molecule has 0 radical (unpaired) electrons. The number of rotatable bonds is 2. The highest BCUT2D eigenvalue weighted by Gasteiger charge is 2.26. The summed E-state index contributed by atoms with van der Waals surface area (Å²) in [6.07, 6.45) is 5.15. The van der Waals surface area contributed by atoms with E-state index in [0.717, 1.165) is 17.0 Å². The van der Waals surface area contributed by atoms with Crippen molar-refractivity contribution in [2.75, 3.05) is 0 Å². The molecule has 0 aliphatic carbocycles. The van der Waals surface area contributed by atoms with Gasteiger partial charge in [0, 0.05) is 29.1 Å². The van der Waals surface area contributed by atoms with Crippen LogP contribution in [0.25, 0.3) is 22.4 Å². The Morgan fingerprint density at radius 1 is 1.23 bits per heavy atom. The quantitative estimate of drug-likeness (QED) is 0.734. The van der Waals surface area contributed by atoms with Gasteiger partial charge in [-0.3, -0.25) is 9.78 Å². The first-order valence-corrected chi connectivity index (χ1v) is 7.18. The third-order valence-electron chi connectivity index (χ3n) is 3.50. The van der Waals surface area contributed by atoms with E-state index >= 15 is 0 Å². The zero-order valence-corrected chi connectivity index (χ0v) is 13.1. The zero-order chi connectivity index (χ0) is 15.9. The fraction of sp³-hybridized carbons (Fsp3) is 0.294. The first kappa shape index (κ1) is 14.4. The van der Waals surface area contributed by atoms with Crippen molar-refractivity contribution in [3.8, 4) is 11.3 Å². The molecule has 0 aliphatic rings. The fourth-order valence-corrected chi connectivity index (χ4v) is 2.31. The van der Waals surface area contributed by atoms with Crippen molar-refractivity contribution in [2.24, 2.45) is 5.41 Å². The molecule has 5 nitrogen and oxygen atoms in total. The van der Waals surface area contributed by atoms with Crippen molar-refractivity contribution in [2.45, 2.75) is 27.7 Å². The lowest BCUT2D eigenvalue weighted by molar-refractivity contribution is 0.0860. The minimum Gasteiger partial charge on any atom is -0.344 e. The second-order valence-electron chi connectivity index (χ2n) is 6.42. The van der Waals surface area contributed by atoms with Gasteiger partial charge in [0.1, 0.15) is 5.52 Å². The molecule has 3 rings (SSSR count). The van der Waals surface area contributed by atoms with Crippen LogP contribution in [0.15, 0.2) is 30.7 Å². The number of Topliss-reactive ketones (excluding diaryl/α,β-unsaturated/α-hetero) is 1. The molecule has 1 N–H and O–H groups in total. The van der Waals surface area contributed by atoms with Crippen molar-refractivity contribution >= 4 is 16.9 Å². The first-order chi connectivity index (χ1) is 10.4. The lowest BCUT2D eigenvalue weighted by Crippen LogP contribution is -2.20. The minimum atomic E-state index is -0.458. The van der Waals surface area contributed by atoms with Crippen LogP contribution in [-0.2, 0) is 0 Å². The molecular weight excluding hydrogens is 276 g/mol. The van der Waals surface area contributed by atoms with Crippen LogP contribution < -0.4 is 0 Å². The maximum atomic E-state index is 12.5. The van der Waals surface area contributed by atoms with Crippen molar-refractivity contribution in [1.82, 2.24) is 19.9 Å². The molecule has 0 fully saturated rings. The standard InChI is InChI=1S/C17H18N4O/c1-10-7-11(5-6-18-10)13-9-20-16-14(21-13)12(8-19-16)15(22)17(2,3)4/h5-9H,1-4H3,(H,19,20). The first-order valence-electron chi connectivity index (χ1n) is 7.18. The van der Waals surface area contributed by atoms with Gasteiger partial charge in [-0.05, 0) is 19.1 Å². The van der Waals surface area contributed by atoms with E-state index in [1.807, 2.05) is 39.8 Å². The number of nitrogens with one attached hydrogen (secondary N) is 1. The summed E-state index contributed by atoms with van der Waals surface area (Å²) in [5, 5.41) is 0. The highest BCUT2D eigenvalue weighted by molar-refractivity contribution is 6.08. The maximum absolute atomic E-state index is 12.5. The molecule has 0 bridgehead atoms. The van der Waals surface area contributed by atoms with E-state index in [1.165, 1.54) is 0 Å². The Hall–Kier alpha value is -2.56. The van der Waals surface area contributed by atoms with Crippen LogP contribution in [0.2, 0.25) is 0 Å². The summed E-state index contributed by atoms with van der Waals surface area (Å²) in [6.45, 7) is 7.63. The van der Waals surface area contributed by atoms with Gasteiger partial charge in [0.25, 0.3) is 0 Å². The Morgan fingerprint density at radius 2 is 2.00 bits per heavy atom. The third-order valence-corrected chi connectivity index (χ3v) is 3.50. The highest BCUT2D eigenvalue weighted by atomic mass is 16.1. The van der Waals surface area contributed by atoms with Crippen LogP contribution in [0.3, 0.4) is 0 Å². The molecule has 3 aromatic heterocycles. The van der Waals surface area contributed by atoms with Crippen molar-refractivity contribution < 1.29 is 4.79 Å². The Labute approximate surface area is 128 Å². The molecule has 0 amide bonds. The predicted molar refractivity (Wildman–Crippen MR) is 85.6 cm³/mol. The molecule has 3 heterocycles. The summed E-state index contributed by atoms with van der Waals surface area (Å²) in [5.41, 5.74) is 3.97. The number of carbonyl (C=O) groups is 1. The maximum Gasteiger partial charge on any atom is 0.171 e. The molecule has 0 unspecified atom stereocenters. The number of carbonyl (C=O) groups excluding carboxylic acids is 1. The van der Waals surface area contributed by atoms with Crippen molar-refractivity contribution in [3.05, 3.63) is 42.0 Å². The van der Waals surface area contributed by atoms with Crippen molar-refractivity contribution in [1.29, 1.82) is 0 Å². The summed E-state index contributed by atoms with van der Waals surface area (Å²) in [7, 11) is 0. The smallest absolute Gasteiger partial charge is 0.171 e. The number of ketones is 1. The van der Waals surface area contributed by atoms with Crippen LogP contribution >= 0.6 is 0 Å².